The zero-order valence-electron chi connectivity index (χ0n) is 8.91. The zero-order chi connectivity index (χ0) is 11.3. The van der Waals surface area contributed by atoms with Gasteiger partial charge in [0.15, 0.2) is 0 Å². The van der Waals surface area contributed by atoms with Crippen LogP contribution in [0, 0.1) is 0 Å². The number of rotatable bonds is 6. The average molecular weight is 256 g/mol. The van der Waals surface area contributed by atoms with Crippen molar-refractivity contribution in [2.75, 3.05) is 20.3 Å². The van der Waals surface area contributed by atoms with Gasteiger partial charge in [-0.25, -0.2) is 13.1 Å². The highest BCUT2D eigenvalue weighted by molar-refractivity contribution is 7.90. The molecule has 0 amide bonds. The lowest BCUT2D eigenvalue weighted by Gasteiger charge is -2.14. The largest absolute Gasteiger partial charge is 0.383 e. The molecule has 0 saturated heterocycles. The molecule has 0 bridgehead atoms. The van der Waals surface area contributed by atoms with Gasteiger partial charge in [0.05, 0.1) is 17.2 Å². The fourth-order valence-corrected chi connectivity index (χ4v) is 3.68. The standard InChI is InChI=1S/C9H18ClNO3S/c1-14-7-8(10)6-11-15(12,13)9-4-2-3-5-9/h8-9,11H,2-7H2,1H3. The average Bonchev–Trinajstić information content (AvgIpc) is 2.69. The van der Waals surface area contributed by atoms with Gasteiger partial charge in [-0.3, -0.25) is 0 Å². The molecule has 0 radical (unpaired) electrons. The fraction of sp³-hybridized carbons (Fsp3) is 1.00. The normalized spacial score (nSPS) is 20.7. The maximum atomic E-state index is 11.7. The third-order valence-corrected chi connectivity index (χ3v) is 4.79. The quantitative estimate of drug-likeness (QED) is 0.724. The van der Waals surface area contributed by atoms with Crippen molar-refractivity contribution in [2.45, 2.75) is 36.3 Å². The SMILES string of the molecule is COCC(Cl)CNS(=O)(=O)C1CCCC1. The lowest BCUT2D eigenvalue weighted by Crippen LogP contribution is -2.37. The van der Waals surface area contributed by atoms with Gasteiger partial charge < -0.3 is 4.74 Å². The van der Waals surface area contributed by atoms with Gasteiger partial charge in [0.2, 0.25) is 10.0 Å². The molecule has 1 aliphatic carbocycles. The van der Waals surface area contributed by atoms with E-state index >= 15 is 0 Å². The van der Waals surface area contributed by atoms with Crippen molar-refractivity contribution in [1.29, 1.82) is 0 Å². The molecule has 1 unspecified atom stereocenters. The molecular formula is C9H18ClNO3S. The Bertz CT molecular complexity index is 275. The van der Waals surface area contributed by atoms with Gasteiger partial charge >= 0.3 is 0 Å². The van der Waals surface area contributed by atoms with Crippen molar-refractivity contribution in [3.63, 3.8) is 0 Å². The van der Waals surface area contributed by atoms with Crippen LogP contribution in [-0.2, 0) is 14.8 Å². The Morgan fingerprint density at radius 1 is 1.47 bits per heavy atom. The van der Waals surface area contributed by atoms with Crippen LogP contribution in [0.25, 0.3) is 0 Å². The first-order chi connectivity index (χ1) is 7.06. The molecule has 90 valence electrons. The molecule has 0 aromatic rings. The van der Waals surface area contributed by atoms with E-state index in [1.54, 1.807) is 7.11 Å². The molecule has 0 heterocycles. The summed E-state index contributed by atoms with van der Waals surface area (Å²) in [5, 5.41) is -0.518. The van der Waals surface area contributed by atoms with Crippen LogP contribution in [0.1, 0.15) is 25.7 Å². The molecule has 0 spiro atoms. The number of nitrogens with one attached hydrogen (secondary N) is 1. The minimum atomic E-state index is -3.16. The van der Waals surface area contributed by atoms with E-state index < -0.39 is 10.0 Å². The first-order valence-corrected chi connectivity index (χ1v) is 7.16. The molecule has 0 aliphatic heterocycles. The lowest BCUT2D eigenvalue weighted by atomic mass is 10.4. The van der Waals surface area contributed by atoms with Gasteiger partial charge in [-0.05, 0) is 12.8 Å². The van der Waals surface area contributed by atoms with E-state index in [9.17, 15) is 8.42 Å². The molecule has 1 atom stereocenters. The molecular weight excluding hydrogens is 238 g/mol. The summed E-state index contributed by atoms with van der Waals surface area (Å²) < 4.78 is 30.8. The molecule has 0 aromatic carbocycles. The minimum Gasteiger partial charge on any atom is -0.383 e. The van der Waals surface area contributed by atoms with Gasteiger partial charge in [-0.1, -0.05) is 12.8 Å². The van der Waals surface area contributed by atoms with Crippen LogP contribution in [0.5, 0.6) is 0 Å². The van der Waals surface area contributed by atoms with Crippen LogP contribution in [0.4, 0.5) is 0 Å². The second kappa shape index (κ2) is 6.03. The van der Waals surface area contributed by atoms with E-state index in [2.05, 4.69) is 4.72 Å². The van der Waals surface area contributed by atoms with Crippen molar-refractivity contribution >= 4 is 21.6 Å². The predicted octanol–water partition coefficient (Wildman–Crippen LogP) is 1.10. The number of sulfonamides is 1. The summed E-state index contributed by atoms with van der Waals surface area (Å²) in [7, 11) is -1.62. The highest BCUT2D eigenvalue weighted by Gasteiger charge is 2.28. The number of hydrogen-bond donors (Lipinski definition) is 1. The summed E-state index contributed by atoms with van der Waals surface area (Å²) in [5.74, 6) is 0. The van der Waals surface area contributed by atoms with Gasteiger partial charge in [-0.15, -0.1) is 11.6 Å². The second-order valence-corrected chi connectivity index (χ2v) is 6.52. The Hall–Kier alpha value is 0.160. The van der Waals surface area contributed by atoms with Gasteiger partial charge in [0, 0.05) is 13.7 Å². The maximum Gasteiger partial charge on any atom is 0.214 e. The van der Waals surface area contributed by atoms with Gasteiger partial charge in [0.25, 0.3) is 0 Å². The van der Waals surface area contributed by atoms with E-state index in [1.807, 2.05) is 0 Å². The van der Waals surface area contributed by atoms with E-state index in [0.29, 0.717) is 6.61 Å². The first-order valence-electron chi connectivity index (χ1n) is 5.17. The predicted molar refractivity (Wildman–Crippen MR) is 60.7 cm³/mol. The van der Waals surface area contributed by atoms with E-state index in [1.165, 1.54) is 0 Å². The number of alkyl halides is 1. The zero-order valence-corrected chi connectivity index (χ0v) is 10.5. The maximum absolute atomic E-state index is 11.7. The van der Waals surface area contributed by atoms with Crippen LogP contribution < -0.4 is 4.72 Å². The topological polar surface area (TPSA) is 55.4 Å². The van der Waals surface area contributed by atoms with Crippen LogP contribution in [0.15, 0.2) is 0 Å². The number of methoxy groups -OCH3 is 1. The molecule has 1 saturated carbocycles. The summed E-state index contributed by atoms with van der Waals surface area (Å²) in [5.41, 5.74) is 0. The van der Waals surface area contributed by atoms with E-state index in [-0.39, 0.29) is 17.2 Å². The molecule has 4 nitrogen and oxygen atoms in total. The van der Waals surface area contributed by atoms with Gasteiger partial charge in [-0.2, -0.15) is 0 Å². The summed E-state index contributed by atoms with van der Waals surface area (Å²) in [6.07, 6.45) is 3.56. The van der Waals surface area contributed by atoms with Crippen molar-refractivity contribution in [2.24, 2.45) is 0 Å². The minimum absolute atomic E-state index is 0.219. The third-order valence-electron chi connectivity index (χ3n) is 2.59. The third kappa shape index (κ3) is 4.26. The Morgan fingerprint density at radius 3 is 2.60 bits per heavy atom. The molecule has 1 aliphatic rings. The molecule has 0 aromatic heterocycles. The Kier molecular flexibility index (Phi) is 5.32. The van der Waals surface area contributed by atoms with Crippen LogP contribution in [0.2, 0.25) is 0 Å². The van der Waals surface area contributed by atoms with Crippen LogP contribution in [-0.4, -0.2) is 39.3 Å². The van der Waals surface area contributed by atoms with Crippen molar-refractivity contribution in [1.82, 2.24) is 4.72 Å². The number of hydrogen-bond acceptors (Lipinski definition) is 3. The van der Waals surface area contributed by atoms with Crippen molar-refractivity contribution < 1.29 is 13.2 Å². The van der Waals surface area contributed by atoms with Gasteiger partial charge in [0.1, 0.15) is 0 Å². The fourth-order valence-electron chi connectivity index (χ4n) is 1.76. The monoisotopic (exact) mass is 255 g/mol. The Balaban J connectivity index is 2.35. The van der Waals surface area contributed by atoms with Crippen molar-refractivity contribution in [3.05, 3.63) is 0 Å². The summed E-state index contributed by atoms with van der Waals surface area (Å²) in [6, 6.07) is 0. The second-order valence-electron chi connectivity index (χ2n) is 3.85. The molecule has 1 rings (SSSR count). The van der Waals surface area contributed by atoms with E-state index in [0.717, 1.165) is 25.7 Å². The molecule has 6 heteroatoms. The highest BCUT2D eigenvalue weighted by Crippen LogP contribution is 2.23. The smallest absolute Gasteiger partial charge is 0.214 e. The number of ether oxygens (including phenoxy) is 1. The molecule has 15 heavy (non-hydrogen) atoms. The van der Waals surface area contributed by atoms with Crippen LogP contribution >= 0.6 is 11.6 Å². The Labute approximate surface area is 96.4 Å². The summed E-state index contributed by atoms with van der Waals surface area (Å²) in [4.78, 5) is 0. The summed E-state index contributed by atoms with van der Waals surface area (Å²) >= 11 is 5.84. The first kappa shape index (κ1) is 13.2. The van der Waals surface area contributed by atoms with Crippen LogP contribution in [0.3, 0.4) is 0 Å². The lowest BCUT2D eigenvalue weighted by molar-refractivity contribution is 0.198. The Morgan fingerprint density at radius 2 is 2.07 bits per heavy atom. The number of halogens is 1. The van der Waals surface area contributed by atoms with Crippen molar-refractivity contribution in [3.8, 4) is 0 Å². The van der Waals surface area contributed by atoms with E-state index in [4.69, 9.17) is 16.3 Å². The molecule has 1 N–H and O–H groups in total. The highest BCUT2D eigenvalue weighted by atomic mass is 35.5. The summed E-state index contributed by atoms with van der Waals surface area (Å²) in [6.45, 7) is 0.600. The molecule has 1 fully saturated rings.